The molecule has 51 heavy (non-hydrogen) atoms. The van der Waals surface area contributed by atoms with Crippen LogP contribution in [0, 0.1) is 28.5 Å². The molecule has 11 aromatic rings. The fourth-order valence-electron chi connectivity index (χ4n) is 8.19. The van der Waals surface area contributed by atoms with E-state index in [9.17, 15) is 10.5 Å². The van der Waals surface area contributed by atoms with E-state index in [0.717, 1.165) is 63.8 Å². The summed E-state index contributed by atoms with van der Waals surface area (Å²) in [4.78, 5) is 0. The van der Waals surface area contributed by atoms with Crippen LogP contribution in [0.1, 0.15) is 11.1 Å². The number of rotatable bonds is 2. The third kappa shape index (κ3) is 3.64. The lowest BCUT2D eigenvalue weighted by Crippen LogP contribution is -2.09. The van der Waals surface area contributed by atoms with Gasteiger partial charge in [-0.3, -0.25) is 0 Å². The molecular weight excluding hydrogens is 668 g/mol. The summed E-state index contributed by atoms with van der Waals surface area (Å²) in [5, 5.41) is 29.8. The molecule has 0 fully saturated rings. The highest BCUT2D eigenvalue weighted by Crippen LogP contribution is 2.47. The quantitative estimate of drug-likeness (QED) is 0.181. The van der Waals surface area contributed by atoms with E-state index >= 15 is 4.39 Å². The molecule has 0 spiro atoms. The van der Waals surface area contributed by atoms with Crippen LogP contribution in [0.4, 0.5) is 4.39 Å². The number of nitriles is 2. The summed E-state index contributed by atoms with van der Waals surface area (Å²) in [5.74, 6) is -0.621. The van der Waals surface area contributed by atoms with Gasteiger partial charge in [-0.25, -0.2) is 4.39 Å². The molecule has 0 amide bonds. The molecule has 0 unspecified atom stereocenters. The highest BCUT2D eigenvalue weighted by atomic mass is 32.1. The smallest absolute Gasteiger partial charge is 0.173 e. The van der Waals surface area contributed by atoms with Crippen LogP contribution in [0.2, 0.25) is 0 Å². The van der Waals surface area contributed by atoms with E-state index in [2.05, 4.69) is 72.8 Å². The van der Waals surface area contributed by atoms with Crippen molar-refractivity contribution in [2.75, 3.05) is 0 Å². The molecule has 7 aromatic carbocycles. The van der Waals surface area contributed by atoms with Crippen LogP contribution in [0.15, 0.2) is 127 Å². The van der Waals surface area contributed by atoms with Gasteiger partial charge in [0.2, 0.25) is 0 Å². The minimum atomic E-state index is -0.621. The zero-order chi connectivity index (χ0) is 34.0. The molecule has 236 valence electrons. The number of hydrogen-bond donors (Lipinski definition) is 0. The lowest BCUT2D eigenvalue weighted by molar-refractivity contribution is 0.613. The van der Waals surface area contributed by atoms with Crippen LogP contribution in [-0.2, 0) is 0 Å². The van der Waals surface area contributed by atoms with Gasteiger partial charge in [0, 0.05) is 61.9 Å². The fourth-order valence-corrected chi connectivity index (χ4v) is 10.7. The Hall–Kier alpha value is -6.51. The van der Waals surface area contributed by atoms with Crippen molar-refractivity contribution in [3.8, 4) is 23.5 Å². The largest absolute Gasteiger partial charge is 0.305 e. The number of fused-ring (bicyclic) bond motifs is 14. The highest BCUT2D eigenvalue weighted by Gasteiger charge is 2.28. The normalized spacial score (nSPS) is 12.0. The molecule has 0 aliphatic heterocycles. The highest BCUT2D eigenvalue weighted by molar-refractivity contribution is 7.27. The van der Waals surface area contributed by atoms with Crippen molar-refractivity contribution in [3.05, 3.63) is 144 Å². The van der Waals surface area contributed by atoms with Crippen molar-refractivity contribution < 1.29 is 4.39 Å². The first-order valence-corrected chi connectivity index (χ1v) is 18.1. The van der Waals surface area contributed by atoms with Gasteiger partial charge in [0.25, 0.3) is 0 Å². The van der Waals surface area contributed by atoms with Crippen LogP contribution >= 0.6 is 22.7 Å². The van der Waals surface area contributed by atoms with Crippen molar-refractivity contribution in [2.45, 2.75) is 0 Å². The molecule has 0 saturated heterocycles. The van der Waals surface area contributed by atoms with E-state index in [-0.39, 0.29) is 22.5 Å². The molecule has 0 radical (unpaired) electrons. The maximum absolute atomic E-state index is 18.0. The lowest BCUT2D eigenvalue weighted by Gasteiger charge is -2.17. The molecule has 0 aliphatic carbocycles. The zero-order valence-corrected chi connectivity index (χ0v) is 28.2. The number of para-hydroxylation sites is 2. The number of halogens is 1. The molecule has 0 aliphatic rings. The lowest BCUT2D eigenvalue weighted by atomic mass is 10.0. The summed E-state index contributed by atoms with van der Waals surface area (Å²) in [6, 6.07) is 47.0. The molecule has 0 atom stereocenters. The fraction of sp³-hybridized carbons (Fsp3) is 0. The number of thiophene rings is 2. The van der Waals surface area contributed by atoms with Gasteiger partial charge in [-0.05, 0) is 42.5 Å². The minimum absolute atomic E-state index is 0.0968. The second-order valence-electron chi connectivity index (χ2n) is 12.8. The number of hydrogen-bond acceptors (Lipinski definition) is 4. The molecule has 4 nitrogen and oxygen atoms in total. The van der Waals surface area contributed by atoms with Crippen molar-refractivity contribution in [1.29, 1.82) is 10.5 Å². The average molecular weight is 689 g/mol. The van der Waals surface area contributed by atoms with Crippen molar-refractivity contribution in [2.24, 2.45) is 0 Å². The van der Waals surface area contributed by atoms with Gasteiger partial charge in [0.05, 0.1) is 33.2 Å². The monoisotopic (exact) mass is 688 g/mol. The summed E-state index contributed by atoms with van der Waals surface area (Å²) < 4.78 is 26.4. The molecule has 0 saturated carbocycles. The second-order valence-corrected chi connectivity index (χ2v) is 14.9. The summed E-state index contributed by atoms with van der Waals surface area (Å²) in [6.07, 6.45) is 0. The molecule has 0 bridgehead atoms. The van der Waals surface area contributed by atoms with Gasteiger partial charge in [0.15, 0.2) is 5.82 Å². The van der Waals surface area contributed by atoms with Gasteiger partial charge < -0.3 is 9.13 Å². The zero-order valence-electron chi connectivity index (χ0n) is 26.6. The predicted octanol–water partition coefficient (Wildman–Crippen LogP) is 12.5. The molecule has 4 heterocycles. The molecule has 0 N–H and O–H groups in total. The van der Waals surface area contributed by atoms with Gasteiger partial charge >= 0.3 is 0 Å². The number of aromatic nitrogens is 2. The first-order valence-electron chi connectivity index (χ1n) is 16.5. The Morgan fingerprint density at radius 3 is 1.31 bits per heavy atom. The van der Waals surface area contributed by atoms with Gasteiger partial charge in [-0.15, -0.1) is 22.7 Å². The van der Waals surface area contributed by atoms with Gasteiger partial charge in [-0.1, -0.05) is 84.9 Å². The Balaban J connectivity index is 1.30. The summed E-state index contributed by atoms with van der Waals surface area (Å²) in [7, 11) is 0. The minimum Gasteiger partial charge on any atom is -0.305 e. The van der Waals surface area contributed by atoms with E-state index in [1.807, 2.05) is 69.8 Å². The maximum Gasteiger partial charge on any atom is 0.173 e. The first-order chi connectivity index (χ1) is 25.2. The van der Waals surface area contributed by atoms with Crippen LogP contribution in [-0.4, -0.2) is 9.13 Å². The van der Waals surface area contributed by atoms with Crippen LogP contribution in [0.5, 0.6) is 0 Å². The third-order valence-electron chi connectivity index (χ3n) is 10.3. The van der Waals surface area contributed by atoms with Crippen LogP contribution in [0.3, 0.4) is 0 Å². The summed E-state index contributed by atoms with van der Waals surface area (Å²) in [6.45, 7) is 0. The Morgan fingerprint density at radius 1 is 0.451 bits per heavy atom. The molecular formula is C44H21FN4S2. The van der Waals surface area contributed by atoms with Crippen molar-refractivity contribution in [1.82, 2.24) is 9.13 Å². The standard InChI is InChI=1S/C44H21FN4S2/c45-40-41(48-32-13-5-1-11-30(32)38-34(48)19-17-28-26-9-3-7-15-36(26)50-43(28)38)24(22-46)21-25(23-47)42(40)49-33-14-6-2-12-31(33)39-35(49)20-18-29-27-10-4-8-16-37(27)51-44(29)39/h1-21H. The molecule has 11 rings (SSSR count). The Kier molecular flexibility index (Phi) is 5.70. The van der Waals surface area contributed by atoms with E-state index in [1.165, 1.54) is 20.2 Å². The van der Waals surface area contributed by atoms with Crippen LogP contribution < -0.4 is 0 Å². The second kappa shape index (κ2) is 10.3. The Bertz CT molecular complexity index is 3190. The van der Waals surface area contributed by atoms with Crippen molar-refractivity contribution in [3.63, 3.8) is 0 Å². The van der Waals surface area contributed by atoms with Crippen LogP contribution in [0.25, 0.3) is 95.3 Å². The van der Waals surface area contributed by atoms with Gasteiger partial charge in [0.1, 0.15) is 23.5 Å². The average Bonchev–Trinajstić information content (AvgIpc) is 3.92. The summed E-state index contributed by atoms with van der Waals surface area (Å²) >= 11 is 3.45. The van der Waals surface area contributed by atoms with E-state index in [1.54, 1.807) is 28.7 Å². The molecule has 4 aromatic heterocycles. The van der Waals surface area contributed by atoms with Gasteiger partial charge in [-0.2, -0.15) is 10.5 Å². The Morgan fingerprint density at radius 2 is 0.863 bits per heavy atom. The topological polar surface area (TPSA) is 57.4 Å². The van der Waals surface area contributed by atoms with E-state index < -0.39 is 5.82 Å². The predicted molar refractivity (Wildman–Crippen MR) is 210 cm³/mol. The van der Waals surface area contributed by atoms with Crippen molar-refractivity contribution >= 4 is 107 Å². The van der Waals surface area contributed by atoms with E-state index in [0.29, 0.717) is 0 Å². The molecule has 7 heteroatoms. The first kappa shape index (κ1) is 28.3. The third-order valence-corrected chi connectivity index (χ3v) is 12.7. The SMILES string of the molecule is N#Cc1cc(C#N)c(-n2c3ccccc3c3c4sc5ccccc5c4ccc32)c(F)c1-n1c2ccccc2c2c3sc4ccccc4c3ccc21. The number of benzene rings is 7. The number of nitrogens with zero attached hydrogens (tertiary/aromatic N) is 4. The Labute approximate surface area is 297 Å². The maximum atomic E-state index is 18.0. The summed E-state index contributed by atoms with van der Waals surface area (Å²) in [5.41, 5.74) is 3.64. The van der Waals surface area contributed by atoms with E-state index in [4.69, 9.17) is 0 Å².